The fourth-order valence-corrected chi connectivity index (χ4v) is 2.34. The van der Waals surface area contributed by atoms with E-state index in [0.29, 0.717) is 17.4 Å². The molecule has 3 heterocycles. The van der Waals surface area contributed by atoms with Crippen molar-refractivity contribution in [3.05, 3.63) is 12.2 Å². The number of hydrogen-bond donors (Lipinski definition) is 3. The van der Waals surface area contributed by atoms with Gasteiger partial charge in [-0.1, -0.05) is 0 Å². The Morgan fingerprint density at radius 3 is 2.94 bits per heavy atom. The molecule has 0 aromatic carbocycles. The van der Waals surface area contributed by atoms with Crippen LogP contribution >= 0.6 is 0 Å². The van der Waals surface area contributed by atoms with Crippen LogP contribution in [0.5, 0.6) is 0 Å². The second-order valence-electron chi connectivity index (χ2n) is 4.52. The number of nitrogens with one attached hydrogen (secondary N) is 2. The Morgan fingerprint density at radius 1 is 1.29 bits per heavy atom. The summed E-state index contributed by atoms with van der Waals surface area (Å²) < 4.78 is 0. The fraction of sp³-hybridized carbons (Fsp3) is 0.545. The van der Waals surface area contributed by atoms with E-state index in [1.165, 1.54) is 12.8 Å². The zero-order valence-electron chi connectivity index (χ0n) is 9.61. The van der Waals surface area contributed by atoms with Crippen LogP contribution in [0.15, 0.2) is 6.33 Å². The Kier molecular flexibility index (Phi) is 2.64. The SMILES string of the molecule is Nc1nc(CC2CCNCC2)nc2nc[nH]c12. The first-order valence-corrected chi connectivity index (χ1v) is 5.99. The molecule has 1 aliphatic rings. The highest BCUT2D eigenvalue weighted by Crippen LogP contribution is 2.19. The number of nitrogen functional groups attached to an aromatic ring is 1. The number of piperidine rings is 1. The zero-order valence-corrected chi connectivity index (χ0v) is 9.61. The first-order chi connectivity index (χ1) is 8.33. The van der Waals surface area contributed by atoms with Gasteiger partial charge in [0.25, 0.3) is 0 Å². The third-order valence-electron chi connectivity index (χ3n) is 3.29. The quantitative estimate of drug-likeness (QED) is 0.700. The lowest BCUT2D eigenvalue weighted by Gasteiger charge is -2.21. The Bertz CT molecular complexity index is 514. The van der Waals surface area contributed by atoms with Gasteiger partial charge in [-0.05, 0) is 31.8 Å². The summed E-state index contributed by atoms with van der Waals surface area (Å²) in [6.45, 7) is 2.18. The van der Waals surface area contributed by atoms with Crippen LogP contribution in [-0.4, -0.2) is 33.0 Å². The Balaban J connectivity index is 1.84. The topological polar surface area (TPSA) is 92.5 Å². The van der Waals surface area contributed by atoms with Gasteiger partial charge in [0.2, 0.25) is 0 Å². The highest BCUT2D eigenvalue weighted by atomic mass is 15.0. The van der Waals surface area contributed by atoms with Gasteiger partial charge in [0.1, 0.15) is 11.3 Å². The summed E-state index contributed by atoms with van der Waals surface area (Å²) in [7, 11) is 0. The summed E-state index contributed by atoms with van der Waals surface area (Å²) in [5.74, 6) is 1.97. The van der Waals surface area contributed by atoms with Crippen molar-refractivity contribution in [2.24, 2.45) is 5.92 Å². The minimum atomic E-state index is 0.497. The van der Waals surface area contributed by atoms with Crippen molar-refractivity contribution in [1.29, 1.82) is 0 Å². The Labute approximate surface area is 99.1 Å². The molecule has 0 unspecified atom stereocenters. The van der Waals surface area contributed by atoms with E-state index in [1.807, 2.05) is 0 Å². The molecule has 0 bridgehead atoms. The van der Waals surface area contributed by atoms with Crippen LogP contribution in [0.4, 0.5) is 5.82 Å². The van der Waals surface area contributed by atoms with Crippen LogP contribution < -0.4 is 11.1 Å². The number of nitrogens with zero attached hydrogens (tertiary/aromatic N) is 3. The van der Waals surface area contributed by atoms with Crippen molar-refractivity contribution < 1.29 is 0 Å². The highest BCUT2D eigenvalue weighted by Gasteiger charge is 2.16. The third-order valence-corrected chi connectivity index (χ3v) is 3.29. The Hall–Kier alpha value is -1.69. The van der Waals surface area contributed by atoms with Gasteiger partial charge in [0, 0.05) is 6.42 Å². The van der Waals surface area contributed by atoms with Crippen LogP contribution in [0.1, 0.15) is 18.7 Å². The van der Waals surface area contributed by atoms with Crippen LogP contribution in [0, 0.1) is 5.92 Å². The molecule has 1 fully saturated rings. The predicted molar refractivity (Wildman–Crippen MR) is 65.4 cm³/mol. The first kappa shape index (κ1) is 10.5. The monoisotopic (exact) mass is 232 g/mol. The lowest BCUT2D eigenvalue weighted by molar-refractivity contribution is 0.367. The van der Waals surface area contributed by atoms with E-state index in [1.54, 1.807) is 6.33 Å². The molecular weight excluding hydrogens is 216 g/mol. The summed E-state index contributed by atoms with van der Waals surface area (Å²) in [5, 5.41) is 3.35. The Morgan fingerprint density at radius 2 is 2.12 bits per heavy atom. The van der Waals surface area contributed by atoms with Crippen molar-refractivity contribution in [1.82, 2.24) is 25.3 Å². The average Bonchev–Trinajstić information content (AvgIpc) is 2.79. The maximum absolute atomic E-state index is 5.87. The van der Waals surface area contributed by atoms with E-state index >= 15 is 0 Å². The van der Waals surface area contributed by atoms with Gasteiger partial charge in [-0.25, -0.2) is 15.0 Å². The molecule has 0 amide bonds. The van der Waals surface area contributed by atoms with Gasteiger partial charge in [-0.15, -0.1) is 0 Å². The average molecular weight is 232 g/mol. The van der Waals surface area contributed by atoms with Gasteiger partial charge in [0.05, 0.1) is 6.33 Å². The number of aromatic nitrogens is 4. The minimum Gasteiger partial charge on any atom is -0.382 e. The van der Waals surface area contributed by atoms with Crippen molar-refractivity contribution in [2.45, 2.75) is 19.3 Å². The molecule has 0 aliphatic carbocycles. The number of imidazole rings is 1. The van der Waals surface area contributed by atoms with E-state index < -0.39 is 0 Å². The van der Waals surface area contributed by atoms with Crippen LogP contribution in [0.2, 0.25) is 0 Å². The second kappa shape index (κ2) is 4.29. The van der Waals surface area contributed by atoms with Crippen molar-refractivity contribution >= 4 is 17.0 Å². The molecule has 2 aromatic heterocycles. The molecular formula is C11H16N6. The normalized spacial score (nSPS) is 17.6. The fourth-order valence-electron chi connectivity index (χ4n) is 2.34. The molecule has 2 aromatic rings. The van der Waals surface area contributed by atoms with Gasteiger partial charge >= 0.3 is 0 Å². The highest BCUT2D eigenvalue weighted by molar-refractivity contribution is 5.80. The maximum atomic E-state index is 5.87. The zero-order chi connectivity index (χ0) is 11.7. The van der Waals surface area contributed by atoms with Crippen LogP contribution in [-0.2, 0) is 6.42 Å². The van der Waals surface area contributed by atoms with Crippen molar-refractivity contribution in [2.75, 3.05) is 18.8 Å². The van der Waals surface area contributed by atoms with E-state index in [0.717, 1.165) is 30.9 Å². The first-order valence-electron chi connectivity index (χ1n) is 5.99. The summed E-state index contributed by atoms with van der Waals surface area (Å²) >= 11 is 0. The molecule has 6 heteroatoms. The van der Waals surface area contributed by atoms with Gasteiger partial charge in [0.15, 0.2) is 11.5 Å². The lowest BCUT2D eigenvalue weighted by Crippen LogP contribution is -2.29. The molecule has 0 radical (unpaired) electrons. The number of nitrogens with two attached hydrogens (primary N) is 1. The lowest BCUT2D eigenvalue weighted by atomic mass is 9.94. The molecule has 4 N–H and O–H groups in total. The smallest absolute Gasteiger partial charge is 0.183 e. The van der Waals surface area contributed by atoms with E-state index in [-0.39, 0.29) is 0 Å². The summed E-state index contributed by atoms with van der Waals surface area (Å²) in [6, 6.07) is 0. The molecule has 0 atom stereocenters. The minimum absolute atomic E-state index is 0.497. The van der Waals surface area contributed by atoms with Gasteiger partial charge in [-0.3, -0.25) is 0 Å². The molecule has 6 nitrogen and oxygen atoms in total. The number of aromatic amines is 1. The van der Waals surface area contributed by atoms with E-state index in [9.17, 15) is 0 Å². The van der Waals surface area contributed by atoms with Crippen molar-refractivity contribution in [3.63, 3.8) is 0 Å². The molecule has 1 aliphatic heterocycles. The molecule has 0 spiro atoms. The molecule has 0 saturated carbocycles. The van der Waals surface area contributed by atoms with Gasteiger partial charge in [-0.2, -0.15) is 0 Å². The third kappa shape index (κ3) is 2.08. The molecule has 17 heavy (non-hydrogen) atoms. The van der Waals surface area contributed by atoms with Crippen LogP contribution in [0.3, 0.4) is 0 Å². The van der Waals surface area contributed by atoms with Gasteiger partial charge < -0.3 is 16.0 Å². The number of anilines is 1. The molecule has 1 saturated heterocycles. The molecule has 3 rings (SSSR count). The number of hydrogen-bond acceptors (Lipinski definition) is 5. The van der Waals surface area contributed by atoms with E-state index in [2.05, 4.69) is 25.3 Å². The molecule has 90 valence electrons. The summed E-state index contributed by atoms with van der Waals surface area (Å²) in [5.41, 5.74) is 7.28. The maximum Gasteiger partial charge on any atom is 0.183 e. The number of H-pyrrole nitrogens is 1. The summed E-state index contributed by atoms with van der Waals surface area (Å²) in [6.07, 6.45) is 4.86. The standard InChI is InChI=1S/C11H16N6/c12-10-9-11(15-6-14-9)17-8(16-10)5-7-1-3-13-4-2-7/h6-7,13H,1-5H2,(H3,12,14,15,16,17). The largest absolute Gasteiger partial charge is 0.382 e. The van der Waals surface area contributed by atoms with E-state index in [4.69, 9.17) is 5.73 Å². The second-order valence-corrected chi connectivity index (χ2v) is 4.52. The predicted octanol–water partition coefficient (Wildman–Crippen LogP) is 0.477. The van der Waals surface area contributed by atoms with Crippen molar-refractivity contribution in [3.8, 4) is 0 Å². The summed E-state index contributed by atoms with van der Waals surface area (Å²) in [4.78, 5) is 15.9. The van der Waals surface area contributed by atoms with Crippen LogP contribution in [0.25, 0.3) is 11.2 Å². The number of fused-ring (bicyclic) bond motifs is 1. The number of rotatable bonds is 2.